The summed E-state index contributed by atoms with van der Waals surface area (Å²) in [5.74, 6) is -1.42. The molecule has 1 aliphatic rings. The molecule has 0 amide bonds. The van der Waals surface area contributed by atoms with Gasteiger partial charge in [0, 0.05) is 0 Å². The van der Waals surface area contributed by atoms with E-state index in [4.69, 9.17) is 5.11 Å². The topological polar surface area (TPSA) is 57.5 Å². The van der Waals surface area contributed by atoms with Crippen LogP contribution >= 0.6 is 0 Å². The second-order valence-electron chi connectivity index (χ2n) is 4.18. The van der Waals surface area contributed by atoms with Crippen molar-refractivity contribution in [2.75, 3.05) is 0 Å². The average molecular weight is 206 g/mol. The van der Waals surface area contributed by atoms with E-state index in [0.29, 0.717) is 0 Å². The molecular weight excluding hydrogens is 192 g/mol. The molecule has 1 saturated carbocycles. The first-order valence-electron chi connectivity index (χ1n) is 5.09. The lowest BCUT2D eigenvalue weighted by molar-refractivity contribution is -0.138. The second-order valence-corrected chi connectivity index (χ2v) is 4.18. The number of carbonyl (C=O) groups is 1. The fraction of sp³-hybridized carbons (Fsp3) is 0.417. The largest absolute Gasteiger partial charge is 0.481 e. The predicted molar refractivity (Wildman–Crippen MR) is 55.6 cm³/mol. The van der Waals surface area contributed by atoms with Gasteiger partial charge in [-0.1, -0.05) is 24.3 Å². The van der Waals surface area contributed by atoms with Crippen molar-refractivity contribution in [3.05, 3.63) is 35.4 Å². The summed E-state index contributed by atoms with van der Waals surface area (Å²) in [6.07, 6.45) is 1.46. The van der Waals surface area contributed by atoms with Crippen molar-refractivity contribution in [2.24, 2.45) is 0 Å². The molecule has 0 saturated heterocycles. The Hall–Kier alpha value is -1.35. The molecule has 0 aliphatic heterocycles. The van der Waals surface area contributed by atoms with Crippen molar-refractivity contribution in [3.63, 3.8) is 0 Å². The normalized spacial score (nSPS) is 19.6. The molecule has 80 valence electrons. The molecule has 15 heavy (non-hydrogen) atoms. The maximum absolute atomic E-state index is 10.9. The van der Waals surface area contributed by atoms with Crippen molar-refractivity contribution in [2.45, 2.75) is 31.3 Å². The summed E-state index contributed by atoms with van der Waals surface area (Å²) in [5, 5.41) is 19.0. The van der Waals surface area contributed by atoms with E-state index >= 15 is 0 Å². The number of rotatable bonds is 3. The highest BCUT2D eigenvalue weighted by Gasteiger charge is 2.44. The van der Waals surface area contributed by atoms with Gasteiger partial charge in [0.25, 0.3) is 0 Å². The highest BCUT2D eigenvalue weighted by molar-refractivity contribution is 5.76. The number of aliphatic hydroxyl groups is 1. The SMILES string of the molecule is CC(C(=O)O)c1ccccc1C1(O)CC1. The molecule has 0 bridgehead atoms. The van der Waals surface area contributed by atoms with E-state index in [9.17, 15) is 9.90 Å². The minimum atomic E-state index is -0.855. The van der Waals surface area contributed by atoms with E-state index in [1.165, 1.54) is 0 Å². The van der Waals surface area contributed by atoms with Gasteiger partial charge in [-0.15, -0.1) is 0 Å². The first-order chi connectivity index (χ1) is 7.04. The van der Waals surface area contributed by atoms with Crippen molar-refractivity contribution in [3.8, 4) is 0 Å². The molecule has 1 aliphatic carbocycles. The third-order valence-electron chi connectivity index (χ3n) is 3.02. The Labute approximate surface area is 88.4 Å². The average Bonchev–Trinajstić information content (AvgIpc) is 2.96. The van der Waals surface area contributed by atoms with Crippen LogP contribution in [0, 0.1) is 0 Å². The van der Waals surface area contributed by atoms with Crippen molar-refractivity contribution in [1.82, 2.24) is 0 Å². The van der Waals surface area contributed by atoms with Gasteiger partial charge < -0.3 is 10.2 Å². The van der Waals surface area contributed by atoms with Crippen molar-refractivity contribution >= 4 is 5.97 Å². The van der Waals surface area contributed by atoms with Gasteiger partial charge >= 0.3 is 5.97 Å². The molecule has 1 unspecified atom stereocenters. The molecule has 0 heterocycles. The third kappa shape index (κ3) is 1.75. The Morgan fingerprint density at radius 3 is 2.53 bits per heavy atom. The summed E-state index contributed by atoms with van der Waals surface area (Å²) in [5.41, 5.74) is 0.741. The molecule has 0 aromatic heterocycles. The lowest BCUT2D eigenvalue weighted by Crippen LogP contribution is -2.15. The molecule has 0 radical (unpaired) electrons. The van der Waals surface area contributed by atoms with E-state index in [-0.39, 0.29) is 0 Å². The smallest absolute Gasteiger partial charge is 0.310 e. The number of hydrogen-bond acceptors (Lipinski definition) is 2. The van der Waals surface area contributed by atoms with Crippen LogP contribution in [0.5, 0.6) is 0 Å². The summed E-state index contributed by atoms with van der Waals surface area (Å²) < 4.78 is 0. The van der Waals surface area contributed by atoms with Crippen LogP contribution in [0.15, 0.2) is 24.3 Å². The minimum absolute atomic E-state index is 0.564. The van der Waals surface area contributed by atoms with Crippen LogP contribution in [0.1, 0.15) is 36.8 Å². The monoisotopic (exact) mass is 206 g/mol. The molecule has 1 fully saturated rings. The third-order valence-corrected chi connectivity index (χ3v) is 3.02. The maximum atomic E-state index is 10.9. The molecule has 0 spiro atoms. The summed E-state index contributed by atoms with van der Waals surface area (Å²) in [6, 6.07) is 7.25. The van der Waals surface area contributed by atoms with Gasteiger partial charge in [0.2, 0.25) is 0 Å². The zero-order chi connectivity index (χ0) is 11.1. The van der Waals surface area contributed by atoms with Crippen LogP contribution in [-0.2, 0) is 10.4 Å². The first-order valence-corrected chi connectivity index (χ1v) is 5.09. The van der Waals surface area contributed by atoms with Crippen LogP contribution < -0.4 is 0 Å². The highest BCUT2D eigenvalue weighted by atomic mass is 16.4. The summed E-state index contributed by atoms with van der Waals surface area (Å²) >= 11 is 0. The minimum Gasteiger partial charge on any atom is -0.481 e. The molecule has 2 N–H and O–H groups in total. The van der Waals surface area contributed by atoms with Crippen LogP contribution in [0.4, 0.5) is 0 Å². The maximum Gasteiger partial charge on any atom is 0.310 e. The molecule has 3 nitrogen and oxygen atoms in total. The van der Waals surface area contributed by atoms with E-state index in [1.807, 2.05) is 18.2 Å². The molecule has 1 aromatic carbocycles. The molecule has 3 heteroatoms. The van der Waals surface area contributed by atoms with Crippen LogP contribution in [0.2, 0.25) is 0 Å². The lowest BCUT2D eigenvalue weighted by atomic mass is 9.92. The zero-order valence-corrected chi connectivity index (χ0v) is 8.60. The van der Waals surface area contributed by atoms with Gasteiger partial charge in [0.15, 0.2) is 0 Å². The Morgan fingerprint density at radius 2 is 2.00 bits per heavy atom. The summed E-state index contributed by atoms with van der Waals surface area (Å²) in [6.45, 7) is 1.65. The Balaban J connectivity index is 2.42. The highest BCUT2D eigenvalue weighted by Crippen LogP contribution is 2.47. The standard InChI is InChI=1S/C12H14O3/c1-8(11(13)14)9-4-2-3-5-10(9)12(15)6-7-12/h2-5,8,15H,6-7H2,1H3,(H,13,14). The lowest BCUT2D eigenvalue weighted by Gasteiger charge is -2.16. The number of benzene rings is 1. The Kier molecular flexibility index (Phi) is 2.27. The van der Waals surface area contributed by atoms with Gasteiger partial charge in [0.05, 0.1) is 11.5 Å². The number of hydrogen-bond donors (Lipinski definition) is 2. The van der Waals surface area contributed by atoms with E-state index in [0.717, 1.165) is 24.0 Å². The van der Waals surface area contributed by atoms with Gasteiger partial charge in [-0.05, 0) is 30.9 Å². The fourth-order valence-electron chi connectivity index (χ4n) is 1.82. The Bertz CT molecular complexity index is 394. The van der Waals surface area contributed by atoms with Gasteiger partial charge in [-0.2, -0.15) is 0 Å². The van der Waals surface area contributed by atoms with Gasteiger partial charge in [-0.25, -0.2) is 0 Å². The number of carboxylic acid groups (broad SMARTS) is 1. The van der Waals surface area contributed by atoms with Crippen LogP contribution in [0.3, 0.4) is 0 Å². The van der Waals surface area contributed by atoms with E-state index in [1.54, 1.807) is 13.0 Å². The molecule has 1 aromatic rings. The Morgan fingerprint density at radius 1 is 1.40 bits per heavy atom. The van der Waals surface area contributed by atoms with Gasteiger partial charge in [-0.3, -0.25) is 4.79 Å². The number of aliphatic carboxylic acids is 1. The quantitative estimate of drug-likeness (QED) is 0.793. The molecule has 2 rings (SSSR count). The van der Waals surface area contributed by atoms with Gasteiger partial charge in [0.1, 0.15) is 0 Å². The molecular formula is C12H14O3. The molecule has 1 atom stereocenters. The van der Waals surface area contributed by atoms with E-state index in [2.05, 4.69) is 0 Å². The summed E-state index contributed by atoms with van der Waals surface area (Å²) in [4.78, 5) is 10.9. The van der Waals surface area contributed by atoms with Crippen molar-refractivity contribution < 1.29 is 15.0 Å². The number of carboxylic acids is 1. The summed E-state index contributed by atoms with van der Waals surface area (Å²) in [7, 11) is 0. The first kappa shape index (κ1) is 10.2. The predicted octanol–water partition coefficient (Wildman–Crippen LogP) is 1.86. The van der Waals surface area contributed by atoms with Crippen LogP contribution in [0.25, 0.3) is 0 Å². The van der Waals surface area contributed by atoms with E-state index < -0.39 is 17.5 Å². The van der Waals surface area contributed by atoms with Crippen LogP contribution in [-0.4, -0.2) is 16.2 Å². The fourth-order valence-corrected chi connectivity index (χ4v) is 1.82. The second kappa shape index (κ2) is 3.35. The zero-order valence-electron chi connectivity index (χ0n) is 8.60. The van der Waals surface area contributed by atoms with Crippen molar-refractivity contribution in [1.29, 1.82) is 0 Å².